The zero-order valence-corrected chi connectivity index (χ0v) is 7.08. The highest BCUT2D eigenvalue weighted by Crippen LogP contribution is 2.05. The maximum atomic E-state index is 11.3. The maximum Gasteiger partial charge on any atom is 0.270 e. The molecule has 0 saturated carbocycles. The first-order valence-electron chi connectivity index (χ1n) is 4.08. The molecule has 0 aliphatic heterocycles. The van der Waals surface area contributed by atoms with Crippen molar-refractivity contribution in [3.05, 3.63) is 47.2 Å². The summed E-state index contributed by atoms with van der Waals surface area (Å²) < 4.78 is 0. The fraction of sp³-hybridized carbons (Fsp3) is 0.100. The number of aromatic nitrogens is 2. The number of aromatic amines is 1. The first kappa shape index (κ1) is 7.98. The molecule has 3 nitrogen and oxygen atoms in total. The van der Waals surface area contributed by atoms with Crippen LogP contribution in [0.2, 0.25) is 0 Å². The summed E-state index contributed by atoms with van der Waals surface area (Å²) in [5.74, 6) is 0. The van der Waals surface area contributed by atoms with E-state index in [1.165, 1.54) is 0 Å². The zero-order valence-electron chi connectivity index (χ0n) is 7.08. The SMILES string of the molecule is [CH2]Cc1nc2ccccc2[nH]c1=O. The number of nitrogens with zero attached hydrogens (tertiary/aromatic N) is 1. The lowest BCUT2D eigenvalue weighted by Crippen LogP contribution is -2.14. The monoisotopic (exact) mass is 173 g/mol. The van der Waals surface area contributed by atoms with Gasteiger partial charge in [-0.05, 0) is 25.5 Å². The first-order chi connectivity index (χ1) is 6.31. The summed E-state index contributed by atoms with van der Waals surface area (Å²) in [6.07, 6.45) is 0.417. The molecule has 0 atom stereocenters. The Balaban J connectivity index is 2.81. The molecule has 0 saturated heterocycles. The molecule has 3 heteroatoms. The van der Waals surface area contributed by atoms with Crippen molar-refractivity contribution < 1.29 is 0 Å². The number of hydrogen-bond donors (Lipinski definition) is 1. The Labute approximate surface area is 75.4 Å². The second kappa shape index (κ2) is 3.01. The Morgan fingerprint density at radius 3 is 2.92 bits per heavy atom. The minimum absolute atomic E-state index is 0.145. The van der Waals surface area contributed by atoms with E-state index in [1.807, 2.05) is 24.3 Å². The van der Waals surface area contributed by atoms with E-state index in [2.05, 4.69) is 16.9 Å². The van der Waals surface area contributed by atoms with Gasteiger partial charge in [0.2, 0.25) is 0 Å². The highest BCUT2D eigenvalue weighted by atomic mass is 16.1. The third-order valence-corrected chi connectivity index (χ3v) is 1.91. The van der Waals surface area contributed by atoms with E-state index in [9.17, 15) is 4.79 Å². The predicted molar refractivity (Wildman–Crippen MR) is 51.4 cm³/mol. The van der Waals surface area contributed by atoms with Gasteiger partial charge in [-0.3, -0.25) is 4.79 Å². The highest BCUT2D eigenvalue weighted by molar-refractivity contribution is 5.73. The van der Waals surface area contributed by atoms with Crippen molar-refractivity contribution in [1.29, 1.82) is 0 Å². The average molecular weight is 173 g/mol. The molecule has 0 aliphatic carbocycles. The summed E-state index contributed by atoms with van der Waals surface area (Å²) in [6, 6.07) is 7.45. The molecule has 1 aromatic carbocycles. The maximum absolute atomic E-state index is 11.3. The van der Waals surface area contributed by atoms with Crippen LogP contribution in [-0.2, 0) is 6.42 Å². The molecule has 1 radical (unpaired) electrons. The van der Waals surface area contributed by atoms with Crippen molar-refractivity contribution in [3.8, 4) is 0 Å². The van der Waals surface area contributed by atoms with E-state index < -0.39 is 0 Å². The second-order valence-corrected chi connectivity index (χ2v) is 2.78. The van der Waals surface area contributed by atoms with Gasteiger partial charge >= 0.3 is 0 Å². The second-order valence-electron chi connectivity index (χ2n) is 2.78. The molecule has 0 aliphatic rings. The third-order valence-electron chi connectivity index (χ3n) is 1.91. The lowest BCUT2D eigenvalue weighted by molar-refractivity contribution is 1.05. The molecule has 0 spiro atoms. The van der Waals surface area contributed by atoms with Crippen molar-refractivity contribution in [1.82, 2.24) is 9.97 Å². The van der Waals surface area contributed by atoms with Crippen molar-refractivity contribution in [2.24, 2.45) is 0 Å². The molecule has 0 fully saturated rings. The Morgan fingerprint density at radius 1 is 1.38 bits per heavy atom. The number of benzene rings is 1. The fourth-order valence-corrected chi connectivity index (χ4v) is 1.24. The van der Waals surface area contributed by atoms with Gasteiger partial charge in [-0.25, -0.2) is 4.98 Å². The molecular formula is C10H9N2O. The van der Waals surface area contributed by atoms with Crippen LogP contribution in [0.25, 0.3) is 11.0 Å². The van der Waals surface area contributed by atoms with E-state index in [1.54, 1.807) is 0 Å². The van der Waals surface area contributed by atoms with E-state index in [4.69, 9.17) is 0 Å². The number of fused-ring (bicyclic) bond motifs is 1. The third kappa shape index (κ3) is 1.33. The van der Waals surface area contributed by atoms with Gasteiger partial charge in [-0.1, -0.05) is 12.1 Å². The number of para-hydroxylation sites is 2. The molecule has 65 valence electrons. The molecule has 0 unspecified atom stereocenters. The smallest absolute Gasteiger partial charge is 0.270 e. The van der Waals surface area contributed by atoms with Gasteiger partial charge in [0, 0.05) is 0 Å². The molecule has 2 rings (SSSR count). The molecular weight excluding hydrogens is 164 g/mol. The summed E-state index contributed by atoms with van der Waals surface area (Å²) in [5.41, 5.74) is 1.91. The van der Waals surface area contributed by atoms with E-state index in [0.29, 0.717) is 12.1 Å². The van der Waals surface area contributed by atoms with Crippen molar-refractivity contribution in [2.45, 2.75) is 6.42 Å². The summed E-state index contributed by atoms with van der Waals surface area (Å²) in [5, 5.41) is 0. The van der Waals surface area contributed by atoms with Gasteiger partial charge in [0.1, 0.15) is 5.69 Å². The van der Waals surface area contributed by atoms with Gasteiger partial charge in [0.15, 0.2) is 0 Å². The van der Waals surface area contributed by atoms with Crippen LogP contribution in [0.5, 0.6) is 0 Å². The Kier molecular flexibility index (Phi) is 1.85. The highest BCUT2D eigenvalue weighted by Gasteiger charge is 2.00. The number of nitrogens with one attached hydrogen (secondary N) is 1. The van der Waals surface area contributed by atoms with Crippen LogP contribution in [-0.4, -0.2) is 9.97 Å². The summed E-state index contributed by atoms with van der Waals surface area (Å²) in [6.45, 7) is 3.64. The van der Waals surface area contributed by atoms with Crippen LogP contribution < -0.4 is 5.56 Å². The normalized spacial score (nSPS) is 10.5. The lowest BCUT2D eigenvalue weighted by atomic mass is 10.3. The zero-order chi connectivity index (χ0) is 9.26. The van der Waals surface area contributed by atoms with Gasteiger partial charge in [0.25, 0.3) is 5.56 Å². The molecule has 1 N–H and O–H groups in total. The average Bonchev–Trinajstić information content (AvgIpc) is 2.17. The predicted octanol–water partition coefficient (Wildman–Crippen LogP) is 1.30. The summed E-state index contributed by atoms with van der Waals surface area (Å²) in [7, 11) is 0. The van der Waals surface area contributed by atoms with Crippen LogP contribution in [0.4, 0.5) is 0 Å². The minimum Gasteiger partial charge on any atom is -0.319 e. The molecule has 0 amide bonds. The van der Waals surface area contributed by atoms with Crippen molar-refractivity contribution in [3.63, 3.8) is 0 Å². The van der Waals surface area contributed by atoms with E-state index in [0.717, 1.165) is 11.0 Å². The number of rotatable bonds is 1. The first-order valence-corrected chi connectivity index (χ1v) is 4.08. The quantitative estimate of drug-likeness (QED) is 0.706. The van der Waals surface area contributed by atoms with Gasteiger partial charge in [-0.15, -0.1) is 0 Å². The van der Waals surface area contributed by atoms with Crippen LogP contribution in [0.1, 0.15) is 5.69 Å². The molecule has 2 aromatic rings. The Morgan fingerprint density at radius 2 is 2.15 bits per heavy atom. The molecule has 1 heterocycles. The largest absolute Gasteiger partial charge is 0.319 e. The molecule has 13 heavy (non-hydrogen) atoms. The van der Waals surface area contributed by atoms with E-state index in [-0.39, 0.29) is 5.56 Å². The van der Waals surface area contributed by atoms with Crippen LogP contribution in [0, 0.1) is 6.92 Å². The number of hydrogen-bond acceptors (Lipinski definition) is 2. The van der Waals surface area contributed by atoms with Gasteiger partial charge < -0.3 is 4.98 Å². The summed E-state index contributed by atoms with van der Waals surface area (Å²) >= 11 is 0. The fourth-order valence-electron chi connectivity index (χ4n) is 1.24. The van der Waals surface area contributed by atoms with Crippen molar-refractivity contribution in [2.75, 3.05) is 0 Å². The van der Waals surface area contributed by atoms with E-state index >= 15 is 0 Å². The number of H-pyrrole nitrogens is 1. The van der Waals surface area contributed by atoms with Gasteiger partial charge in [0.05, 0.1) is 11.0 Å². The molecule has 1 aromatic heterocycles. The van der Waals surface area contributed by atoms with Crippen LogP contribution in [0.15, 0.2) is 29.1 Å². The topological polar surface area (TPSA) is 45.8 Å². The van der Waals surface area contributed by atoms with Crippen molar-refractivity contribution >= 4 is 11.0 Å². The summed E-state index contributed by atoms with van der Waals surface area (Å²) in [4.78, 5) is 18.2. The van der Waals surface area contributed by atoms with Crippen LogP contribution >= 0.6 is 0 Å². The lowest BCUT2D eigenvalue weighted by Gasteiger charge is -1.98. The molecule has 0 bridgehead atoms. The van der Waals surface area contributed by atoms with Crippen LogP contribution in [0.3, 0.4) is 0 Å². The Hall–Kier alpha value is -1.64. The minimum atomic E-state index is -0.145. The Bertz CT molecular complexity index is 487. The van der Waals surface area contributed by atoms with Gasteiger partial charge in [-0.2, -0.15) is 0 Å². The standard InChI is InChI=1S/C10H9N2O/c1-2-7-10(13)12-9-6-4-3-5-8(9)11-7/h3-6H,1-2H2,(H,12,13).